The van der Waals surface area contributed by atoms with Crippen molar-refractivity contribution < 1.29 is 8.42 Å². The molecule has 0 saturated carbocycles. The number of rotatable bonds is 6. The summed E-state index contributed by atoms with van der Waals surface area (Å²) in [6.45, 7) is 4.13. The van der Waals surface area contributed by atoms with Gasteiger partial charge in [-0.15, -0.1) is 6.42 Å². The first-order chi connectivity index (χ1) is 12.0. The van der Waals surface area contributed by atoms with Crippen LogP contribution in [0.1, 0.15) is 38.2 Å². The second-order valence-corrected chi connectivity index (χ2v) is 7.09. The quantitative estimate of drug-likeness (QED) is 0.448. The molecule has 0 N–H and O–H groups in total. The van der Waals surface area contributed by atoms with Crippen LogP contribution in [0.5, 0.6) is 0 Å². The maximum atomic E-state index is 12.7. The van der Waals surface area contributed by atoms with E-state index in [-0.39, 0.29) is 11.4 Å². The molecule has 1 aromatic carbocycles. The largest absolute Gasteiger partial charge is 0.271 e. The Bertz CT molecular complexity index is 887. The van der Waals surface area contributed by atoms with Gasteiger partial charge in [-0.3, -0.25) is 0 Å². The molecule has 128 valence electrons. The van der Waals surface area contributed by atoms with Crippen LogP contribution in [0, 0.1) is 54.9 Å². The average Bonchev–Trinajstić information content (AvgIpc) is 2.60. The number of unbranched alkanes of at least 4 members (excludes halogenated alkanes) is 2. The lowest BCUT2D eigenvalue weighted by Gasteiger charge is -2.16. The Balaban J connectivity index is 2.84. The SMILES string of the molecule is C#CC#CN(CCC#CC#CCCCC)S(=O)(=O)c1ccc(C)cc1. The number of sulfonamides is 1. The van der Waals surface area contributed by atoms with Gasteiger partial charge >= 0.3 is 0 Å². The van der Waals surface area contributed by atoms with Crippen LogP contribution in [0.25, 0.3) is 0 Å². The van der Waals surface area contributed by atoms with E-state index in [0.717, 1.165) is 29.1 Å². The summed E-state index contributed by atoms with van der Waals surface area (Å²) in [4.78, 5) is 0.178. The van der Waals surface area contributed by atoms with Gasteiger partial charge in [-0.2, -0.15) is 0 Å². The van der Waals surface area contributed by atoms with Gasteiger partial charge in [0.15, 0.2) is 0 Å². The molecule has 0 saturated heterocycles. The third-order valence-electron chi connectivity index (χ3n) is 3.20. The van der Waals surface area contributed by atoms with Crippen molar-refractivity contribution in [2.24, 2.45) is 0 Å². The molecule has 0 radical (unpaired) electrons. The molecule has 3 nitrogen and oxygen atoms in total. The average molecular weight is 351 g/mol. The Hall–Kier alpha value is -2.79. The lowest BCUT2D eigenvalue weighted by molar-refractivity contribution is 0.516. The van der Waals surface area contributed by atoms with Crippen LogP contribution in [-0.4, -0.2) is 19.3 Å². The zero-order valence-corrected chi connectivity index (χ0v) is 15.4. The predicted octanol–water partition coefficient (Wildman–Crippen LogP) is 3.17. The monoisotopic (exact) mass is 351 g/mol. The topological polar surface area (TPSA) is 37.4 Å². The minimum absolute atomic E-state index is 0.133. The molecule has 0 aromatic heterocycles. The number of aryl methyl sites for hydroxylation is 1. The molecule has 0 atom stereocenters. The van der Waals surface area contributed by atoms with Gasteiger partial charge in [0.1, 0.15) is 0 Å². The fraction of sp³-hybridized carbons (Fsp3) is 0.333. The normalized spacial score (nSPS) is 9.32. The fourth-order valence-corrected chi connectivity index (χ4v) is 3.04. The second-order valence-electron chi connectivity index (χ2n) is 5.23. The maximum Gasteiger partial charge on any atom is 0.271 e. The summed E-state index contributed by atoms with van der Waals surface area (Å²) in [5.41, 5.74) is 0.979. The van der Waals surface area contributed by atoms with Crippen molar-refractivity contribution in [3.63, 3.8) is 0 Å². The van der Waals surface area contributed by atoms with Crippen LogP contribution < -0.4 is 0 Å². The van der Waals surface area contributed by atoms with E-state index in [1.165, 1.54) is 0 Å². The van der Waals surface area contributed by atoms with Gasteiger partial charge in [-0.25, -0.2) is 12.7 Å². The molecule has 0 aliphatic carbocycles. The Morgan fingerprint density at radius 1 is 1.04 bits per heavy atom. The lowest BCUT2D eigenvalue weighted by atomic mass is 10.2. The second kappa shape index (κ2) is 10.9. The van der Waals surface area contributed by atoms with Gasteiger partial charge in [-0.1, -0.05) is 42.9 Å². The number of terminal acetylenes is 1. The fourth-order valence-electron chi connectivity index (χ4n) is 1.80. The Kier molecular flexibility index (Phi) is 8.82. The first-order valence-electron chi connectivity index (χ1n) is 8.03. The molecule has 0 unspecified atom stereocenters. The summed E-state index contributed by atoms with van der Waals surface area (Å²) in [7, 11) is -3.73. The number of nitrogens with zero attached hydrogens (tertiary/aromatic N) is 1. The molecule has 0 spiro atoms. The van der Waals surface area contributed by atoms with E-state index in [1.54, 1.807) is 24.3 Å². The number of hydrogen-bond acceptors (Lipinski definition) is 2. The van der Waals surface area contributed by atoms with Gasteiger partial charge in [-0.05, 0) is 43.2 Å². The molecule has 4 heteroatoms. The van der Waals surface area contributed by atoms with Gasteiger partial charge in [0.2, 0.25) is 0 Å². The van der Waals surface area contributed by atoms with Crippen molar-refractivity contribution in [2.75, 3.05) is 6.54 Å². The van der Waals surface area contributed by atoms with Crippen LogP contribution in [0.15, 0.2) is 29.2 Å². The van der Waals surface area contributed by atoms with Crippen LogP contribution in [-0.2, 0) is 10.0 Å². The van der Waals surface area contributed by atoms with Gasteiger partial charge in [0.25, 0.3) is 10.0 Å². The summed E-state index contributed by atoms with van der Waals surface area (Å²) in [5.74, 6) is 15.8. The molecule has 1 rings (SSSR count). The van der Waals surface area contributed by atoms with E-state index < -0.39 is 10.0 Å². The van der Waals surface area contributed by atoms with E-state index in [1.807, 2.05) is 6.92 Å². The van der Waals surface area contributed by atoms with E-state index in [0.29, 0.717) is 6.42 Å². The molecule has 0 amide bonds. The summed E-state index contributed by atoms with van der Waals surface area (Å²) < 4.78 is 26.4. The third kappa shape index (κ3) is 7.10. The standard InChI is InChI=1S/C21H21NO2S/c1-4-6-8-9-10-11-12-13-19-22(18-7-5-2)25(23,24)21-16-14-20(3)15-17-21/h2,14-17H,4,6,8,13,19H2,1,3H3. The smallest absolute Gasteiger partial charge is 0.223 e. The Morgan fingerprint density at radius 3 is 2.28 bits per heavy atom. The van der Waals surface area contributed by atoms with Crippen molar-refractivity contribution in [3.05, 3.63) is 29.8 Å². The van der Waals surface area contributed by atoms with Gasteiger partial charge in [0.05, 0.1) is 11.4 Å². The molecule has 0 heterocycles. The predicted molar refractivity (Wildman–Crippen MR) is 101 cm³/mol. The zero-order chi connectivity index (χ0) is 18.5. The van der Waals surface area contributed by atoms with Crippen molar-refractivity contribution in [1.29, 1.82) is 0 Å². The zero-order valence-electron chi connectivity index (χ0n) is 14.6. The highest BCUT2D eigenvalue weighted by Gasteiger charge is 2.21. The molecule has 25 heavy (non-hydrogen) atoms. The lowest BCUT2D eigenvalue weighted by Crippen LogP contribution is -2.27. The first kappa shape index (κ1) is 20.3. The summed E-state index contributed by atoms with van der Waals surface area (Å²) in [6, 6.07) is 9.09. The Labute approximate surface area is 151 Å². The molecular formula is C21H21NO2S. The number of hydrogen-bond donors (Lipinski definition) is 0. The third-order valence-corrected chi connectivity index (χ3v) is 4.92. The molecular weight excluding hydrogens is 330 g/mol. The first-order valence-corrected chi connectivity index (χ1v) is 9.47. The summed E-state index contributed by atoms with van der Waals surface area (Å²) >= 11 is 0. The van der Waals surface area contributed by atoms with E-state index in [2.05, 4.69) is 48.5 Å². The van der Waals surface area contributed by atoms with Crippen molar-refractivity contribution in [1.82, 2.24) is 4.31 Å². The van der Waals surface area contributed by atoms with Crippen LogP contribution in [0.3, 0.4) is 0 Å². The Morgan fingerprint density at radius 2 is 1.68 bits per heavy atom. The minimum Gasteiger partial charge on any atom is -0.223 e. The highest BCUT2D eigenvalue weighted by Crippen LogP contribution is 2.16. The van der Waals surface area contributed by atoms with E-state index in [9.17, 15) is 8.42 Å². The van der Waals surface area contributed by atoms with Crippen LogP contribution in [0.2, 0.25) is 0 Å². The van der Waals surface area contributed by atoms with Gasteiger partial charge in [0, 0.05) is 24.8 Å². The molecule has 0 fully saturated rings. The number of benzene rings is 1. The summed E-state index contributed by atoms with van der Waals surface area (Å²) in [6.07, 6.45) is 8.43. The van der Waals surface area contributed by atoms with Crippen molar-refractivity contribution in [3.8, 4) is 48.0 Å². The van der Waals surface area contributed by atoms with E-state index >= 15 is 0 Å². The van der Waals surface area contributed by atoms with Crippen LogP contribution >= 0.6 is 0 Å². The molecule has 0 aliphatic heterocycles. The van der Waals surface area contributed by atoms with E-state index in [4.69, 9.17) is 6.42 Å². The van der Waals surface area contributed by atoms with Crippen molar-refractivity contribution in [2.45, 2.75) is 44.4 Å². The molecule has 0 bridgehead atoms. The highest BCUT2D eigenvalue weighted by atomic mass is 32.2. The maximum absolute atomic E-state index is 12.7. The van der Waals surface area contributed by atoms with Crippen molar-refractivity contribution >= 4 is 10.0 Å². The summed E-state index contributed by atoms with van der Waals surface area (Å²) in [5, 5.41) is 0. The van der Waals surface area contributed by atoms with Crippen LogP contribution in [0.4, 0.5) is 0 Å². The minimum atomic E-state index is -3.73. The molecule has 0 aliphatic rings. The highest BCUT2D eigenvalue weighted by molar-refractivity contribution is 7.89. The van der Waals surface area contributed by atoms with Gasteiger partial charge < -0.3 is 0 Å². The molecule has 1 aromatic rings.